The Balaban J connectivity index is 0.000000615. The monoisotopic (exact) mass is 720 g/mol. The zero-order valence-electron chi connectivity index (χ0n) is 21.7. The molecule has 210 valence electrons. The van der Waals surface area contributed by atoms with Crippen LogP contribution in [0.15, 0.2) is 118 Å². The molecule has 0 aliphatic carbocycles. The number of hydrogen-bond acceptors (Lipinski definition) is 7. The molecule has 0 spiro atoms. The number of aryl methyl sites for hydroxylation is 1. The fraction of sp³-hybridized carbons (Fsp3) is 0.111. The van der Waals surface area contributed by atoms with Crippen LogP contribution in [0.3, 0.4) is 0 Å². The first-order valence-corrected chi connectivity index (χ1v) is 15.6. The van der Waals surface area contributed by atoms with Gasteiger partial charge >= 0.3 is 29.6 Å². The summed E-state index contributed by atoms with van der Waals surface area (Å²) in [7, 11) is -5.53. The largest absolute Gasteiger partial charge is 1.00 e. The van der Waals surface area contributed by atoms with Gasteiger partial charge in [0.1, 0.15) is 0 Å². The van der Waals surface area contributed by atoms with Gasteiger partial charge in [-0.05, 0) is 66.1 Å². The van der Waals surface area contributed by atoms with Crippen molar-refractivity contribution < 1.29 is 51.9 Å². The second-order valence-electron chi connectivity index (χ2n) is 7.70. The van der Waals surface area contributed by atoms with E-state index >= 15 is 0 Å². The van der Waals surface area contributed by atoms with E-state index in [1.165, 1.54) is 0 Å². The molecule has 4 aromatic carbocycles. The zero-order valence-corrected chi connectivity index (χ0v) is 28.5. The summed E-state index contributed by atoms with van der Waals surface area (Å²) in [5, 5.41) is 0. The van der Waals surface area contributed by atoms with Crippen molar-refractivity contribution in [1.29, 1.82) is 0 Å². The summed E-state index contributed by atoms with van der Waals surface area (Å²) in [6.45, 7) is 0.611. The van der Waals surface area contributed by atoms with Crippen molar-refractivity contribution in [2.45, 2.75) is 13.0 Å². The molecule has 0 amide bonds. The molecule has 40 heavy (non-hydrogen) atoms. The van der Waals surface area contributed by atoms with E-state index < -0.39 is 20.9 Å². The second kappa shape index (κ2) is 21.0. The Morgan fingerprint density at radius 3 is 1.62 bits per heavy atom. The Hall–Kier alpha value is -1.74. The summed E-state index contributed by atoms with van der Waals surface area (Å²) in [5.74, 6) is 0.0678. The topological polar surface area (TPSA) is 148 Å². The van der Waals surface area contributed by atoms with Crippen LogP contribution < -0.4 is 44.7 Å². The van der Waals surface area contributed by atoms with Crippen LogP contribution in [0.2, 0.25) is 0 Å². The number of benzene rings is 4. The molecule has 4 aromatic rings. The average Bonchev–Trinajstić information content (AvgIpc) is 2.89. The first kappa shape index (κ1) is 38.3. The van der Waals surface area contributed by atoms with Crippen LogP contribution in [0.25, 0.3) is 0 Å². The predicted molar refractivity (Wildman–Crippen MR) is 164 cm³/mol. The van der Waals surface area contributed by atoms with Gasteiger partial charge in [-0.15, -0.1) is 0 Å². The minimum Gasteiger partial charge on any atom is -0.870 e. The van der Waals surface area contributed by atoms with Crippen LogP contribution in [-0.4, -0.2) is 19.6 Å². The molecule has 8 nitrogen and oxygen atoms in total. The number of nitrogens with one attached hydrogen (secondary N) is 2. The maximum Gasteiger partial charge on any atom is 1.00 e. The van der Waals surface area contributed by atoms with Gasteiger partial charge in [-0.3, -0.25) is 4.72 Å². The van der Waals surface area contributed by atoms with Crippen molar-refractivity contribution in [2.75, 3.05) is 15.2 Å². The van der Waals surface area contributed by atoms with Gasteiger partial charge < -0.3 is 24.3 Å². The van der Waals surface area contributed by atoms with Crippen molar-refractivity contribution in [3.05, 3.63) is 129 Å². The molecule has 13 heteroatoms. The summed E-state index contributed by atoms with van der Waals surface area (Å²) in [6, 6.07) is 33.2. The molecule has 0 saturated heterocycles. The molecule has 0 aliphatic heterocycles. The van der Waals surface area contributed by atoms with Gasteiger partial charge in [0.05, 0.1) is 5.75 Å². The average molecular weight is 722 g/mol. The third-order valence-corrected chi connectivity index (χ3v) is 7.37. The first-order chi connectivity index (χ1) is 18.2. The molecule has 0 heterocycles. The number of sulfonamides is 1. The number of halogens is 2. The van der Waals surface area contributed by atoms with Gasteiger partial charge in [-0.25, -0.2) is 8.42 Å². The van der Waals surface area contributed by atoms with Gasteiger partial charge in [0, 0.05) is 37.8 Å². The molecular weight excluding hydrogens is 693 g/mol. The third-order valence-electron chi connectivity index (χ3n) is 4.70. The Labute approximate surface area is 276 Å². The van der Waals surface area contributed by atoms with E-state index in [-0.39, 0.29) is 40.8 Å². The Morgan fingerprint density at radius 2 is 1.18 bits per heavy atom. The maximum atomic E-state index is 11.9. The standard InChI is InChI=1S/C14H14BrNO2S.C7H8BrN.C6H6NO2S.Na.H2O/c15-13-6-4-5-12(11-13)9-10-19(17,18)16-14-7-2-1-3-8-14;8-7-3-1-2-6(4-7)5-9;8-10(9)7-6-4-2-1-3-5-6;;/h1-8,11,16H,9-10H2;1-4H,5,9H2;1-5H,(H,7,8,9);;1H2/q;;-1;+1;/p-1. The van der Waals surface area contributed by atoms with Gasteiger partial charge in [0.25, 0.3) is 0 Å². The molecule has 4 rings (SSSR count). The Kier molecular flexibility index (Phi) is 20.1. The minimum atomic E-state index is -3.31. The van der Waals surface area contributed by atoms with E-state index in [0.29, 0.717) is 24.3 Å². The third kappa shape index (κ3) is 17.2. The summed E-state index contributed by atoms with van der Waals surface area (Å²) in [6.07, 6.45) is 0.488. The van der Waals surface area contributed by atoms with Crippen LogP contribution >= 0.6 is 31.9 Å². The Morgan fingerprint density at radius 1 is 0.700 bits per heavy atom. The van der Waals surface area contributed by atoms with Crippen LogP contribution in [-0.2, 0) is 42.3 Å². The first-order valence-electron chi connectivity index (χ1n) is 11.3. The summed E-state index contributed by atoms with van der Waals surface area (Å²) < 4.78 is 50.8. The quantitative estimate of drug-likeness (QED) is 0.188. The molecular formula is C27H29Br2N3NaO5S2-. The van der Waals surface area contributed by atoms with E-state index in [1.54, 1.807) is 48.5 Å². The molecule has 5 N–H and O–H groups in total. The Bertz CT molecular complexity index is 1440. The fourth-order valence-electron chi connectivity index (χ4n) is 2.95. The number of hydrogen-bond donors (Lipinski definition) is 3. The van der Waals surface area contributed by atoms with Gasteiger partial charge in [0.15, 0.2) is 0 Å². The van der Waals surface area contributed by atoms with Gasteiger partial charge in [-0.2, -0.15) is 0 Å². The summed E-state index contributed by atoms with van der Waals surface area (Å²) in [4.78, 5) is 0. The maximum absolute atomic E-state index is 11.9. The number of para-hydroxylation sites is 2. The molecule has 0 unspecified atom stereocenters. The molecule has 0 aromatic heterocycles. The van der Waals surface area contributed by atoms with Crippen LogP contribution in [0.5, 0.6) is 0 Å². The number of rotatable bonds is 8. The molecule has 0 fully saturated rings. The second-order valence-corrected chi connectivity index (χ2v) is 12.1. The van der Waals surface area contributed by atoms with Gasteiger partial charge in [0.2, 0.25) is 10.0 Å². The molecule has 0 atom stereocenters. The molecule has 0 saturated carbocycles. The van der Waals surface area contributed by atoms with Crippen molar-refractivity contribution >= 4 is 64.1 Å². The molecule has 0 radical (unpaired) electrons. The van der Waals surface area contributed by atoms with E-state index in [1.807, 2.05) is 60.7 Å². The van der Waals surface area contributed by atoms with Crippen LogP contribution in [0, 0.1) is 0 Å². The van der Waals surface area contributed by atoms with Crippen LogP contribution in [0.4, 0.5) is 11.4 Å². The smallest absolute Gasteiger partial charge is 0.870 e. The normalized spacial score (nSPS) is 9.90. The van der Waals surface area contributed by atoms with Crippen molar-refractivity contribution in [2.24, 2.45) is 5.73 Å². The molecule has 0 bridgehead atoms. The zero-order chi connectivity index (χ0) is 27.8. The van der Waals surface area contributed by atoms with E-state index in [9.17, 15) is 16.8 Å². The van der Waals surface area contributed by atoms with Crippen molar-refractivity contribution in [3.63, 3.8) is 0 Å². The number of nitrogens with two attached hydrogens (primary N) is 1. The van der Waals surface area contributed by atoms with Crippen molar-refractivity contribution in [1.82, 2.24) is 0 Å². The minimum absolute atomic E-state index is 0. The van der Waals surface area contributed by atoms with Crippen molar-refractivity contribution in [3.8, 4) is 0 Å². The van der Waals surface area contributed by atoms with E-state index in [0.717, 1.165) is 20.1 Å². The summed E-state index contributed by atoms with van der Waals surface area (Å²) in [5.41, 5.74) is 8.72. The summed E-state index contributed by atoms with van der Waals surface area (Å²) >= 11 is 6.72. The fourth-order valence-corrected chi connectivity index (χ4v) is 5.27. The molecule has 0 aliphatic rings. The number of anilines is 2. The van der Waals surface area contributed by atoms with Gasteiger partial charge in [-0.1, -0.05) is 92.5 Å². The SMILES string of the molecule is NCc1cccc(Br)c1.O=S(=O)(CCc1cccc(Br)c1)Nc1ccccc1.O=[S-](=O)Nc1ccccc1.[Na+].[OH-]. The van der Waals surface area contributed by atoms with E-state index in [2.05, 4.69) is 41.3 Å². The van der Waals surface area contributed by atoms with Crippen LogP contribution in [0.1, 0.15) is 11.1 Å². The predicted octanol–water partition coefficient (Wildman–Crippen LogP) is 3.49. The van der Waals surface area contributed by atoms with E-state index in [4.69, 9.17) is 5.73 Å².